The van der Waals surface area contributed by atoms with Gasteiger partial charge in [-0.15, -0.1) is 0 Å². The van der Waals surface area contributed by atoms with Crippen LogP contribution in [0, 0.1) is 6.92 Å². The van der Waals surface area contributed by atoms with E-state index in [2.05, 4.69) is 9.97 Å². The maximum atomic E-state index is 12.0. The number of rotatable bonds is 3. The number of pyridine rings is 1. The van der Waals surface area contributed by atoms with Gasteiger partial charge < -0.3 is 4.74 Å². The summed E-state index contributed by atoms with van der Waals surface area (Å²) in [6.07, 6.45) is 1.52. The summed E-state index contributed by atoms with van der Waals surface area (Å²) in [5.74, 6) is 0. The average molecular weight is 300 g/mol. The number of aryl methyl sites for hydroxylation is 1. The van der Waals surface area contributed by atoms with Gasteiger partial charge in [-0.3, -0.25) is 9.36 Å². The Balaban J connectivity index is 2.46. The second kappa shape index (κ2) is 5.59. The van der Waals surface area contributed by atoms with Crippen LogP contribution in [-0.2, 0) is 6.54 Å². The fourth-order valence-electron chi connectivity index (χ4n) is 1.62. The monoisotopic (exact) mass is 299 g/mol. The summed E-state index contributed by atoms with van der Waals surface area (Å²) >= 11 is 11.8. The topological polar surface area (TPSA) is 57.0 Å². The van der Waals surface area contributed by atoms with E-state index in [1.54, 1.807) is 6.92 Å². The fourth-order valence-corrected chi connectivity index (χ4v) is 2.04. The molecule has 0 N–H and O–H groups in total. The van der Waals surface area contributed by atoms with E-state index in [-0.39, 0.29) is 18.1 Å². The molecule has 100 valence electrons. The number of hydrogen-bond acceptors (Lipinski definition) is 4. The van der Waals surface area contributed by atoms with Crippen molar-refractivity contribution in [1.82, 2.24) is 14.5 Å². The molecular formula is C12H11Cl2N3O2. The van der Waals surface area contributed by atoms with Crippen LogP contribution in [0.1, 0.15) is 11.3 Å². The molecule has 2 heterocycles. The zero-order valence-electron chi connectivity index (χ0n) is 10.4. The molecular weight excluding hydrogens is 289 g/mol. The highest BCUT2D eigenvalue weighted by Gasteiger charge is 2.10. The average Bonchev–Trinajstić information content (AvgIpc) is 2.34. The van der Waals surface area contributed by atoms with Crippen LogP contribution in [-0.4, -0.2) is 21.6 Å². The van der Waals surface area contributed by atoms with Crippen molar-refractivity contribution in [3.63, 3.8) is 0 Å². The Kier molecular flexibility index (Phi) is 4.07. The first-order valence-corrected chi connectivity index (χ1v) is 6.19. The van der Waals surface area contributed by atoms with E-state index in [1.807, 2.05) is 0 Å². The van der Waals surface area contributed by atoms with E-state index in [0.29, 0.717) is 21.4 Å². The molecule has 0 aromatic carbocycles. The van der Waals surface area contributed by atoms with Crippen LogP contribution in [0.3, 0.4) is 0 Å². The lowest BCUT2D eigenvalue weighted by molar-refractivity contribution is 0.350. The molecule has 0 aliphatic rings. The van der Waals surface area contributed by atoms with Crippen molar-refractivity contribution in [2.75, 3.05) is 7.11 Å². The van der Waals surface area contributed by atoms with Gasteiger partial charge >= 0.3 is 0 Å². The van der Waals surface area contributed by atoms with E-state index in [4.69, 9.17) is 27.9 Å². The quantitative estimate of drug-likeness (QED) is 0.816. The van der Waals surface area contributed by atoms with Crippen molar-refractivity contribution in [2.24, 2.45) is 0 Å². The molecule has 0 spiro atoms. The minimum Gasteiger partial charge on any atom is -0.468 e. The first-order valence-electron chi connectivity index (χ1n) is 5.43. The van der Waals surface area contributed by atoms with Gasteiger partial charge in [0, 0.05) is 23.5 Å². The first-order chi connectivity index (χ1) is 9.01. The van der Waals surface area contributed by atoms with Crippen molar-refractivity contribution >= 4 is 23.2 Å². The summed E-state index contributed by atoms with van der Waals surface area (Å²) in [6, 6.07) is 3.19. The Morgan fingerprint density at radius 2 is 2.11 bits per heavy atom. The van der Waals surface area contributed by atoms with E-state index in [0.717, 1.165) is 0 Å². The number of hydrogen-bond donors (Lipinski definition) is 0. The van der Waals surface area contributed by atoms with Crippen molar-refractivity contribution in [3.05, 3.63) is 50.1 Å². The molecule has 0 saturated heterocycles. The Morgan fingerprint density at radius 3 is 2.74 bits per heavy atom. The molecule has 0 radical (unpaired) electrons. The smallest absolute Gasteiger partial charge is 0.299 e. The van der Waals surface area contributed by atoms with Crippen LogP contribution in [0.4, 0.5) is 0 Å². The lowest BCUT2D eigenvalue weighted by Crippen LogP contribution is -2.23. The minimum atomic E-state index is -0.213. The number of methoxy groups -OCH3 is 1. The molecule has 0 fully saturated rings. The number of ether oxygens (including phenoxy) is 1. The first kappa shape index (κ1) is 13.8. The fraction of sp³-hybridized carbons (Fsp3) is 0.250. The van der Waals surface area contributed by atoms with Crippen LogP contribution < -0.4 is 10.3 Å². The van der Waals surface area contributed by atoms with Crippen molar-refractivity contribution in [1.29, 1.82) is 0 Å². The van der Waals surface area contributed by atoms with Crippen LogP contribution in [0.25, 0.3) is 0 Å². The molecule has 0 atom stereocenters. The van der Waals surface area contributed by atoms with Crippen LogP contribution in [0.2, 0.25) is 10.2 Å². The predicted octanol–water partition coefficient (Wildman–Crippen LogP) is 2.31. The third kappa shape index (κ3) is 3.05. The third-order valence-corrected chi connectivity index (χ3v) is 3.07. The molecule has 0 aliphatic carbocycles. The number of aromatic nitrogens is 3. The summed E-state index contributed by atoms with van der Waals surface area (Å²) in [5, 5.41) is 0.740. The highest BCUT2D eigenvalue weighted by Crippen LogP contribution is 2.20. The van der Waals surface area contributed by atoms with Gasteiger partial charge in [-0.25, -0.2) is 9.97 Å². The second-order valence-corrected chi connectivity index (χ2v) is 4.70. The zero-order chi connectivity index (χ0) is 14.0. The van der Waals surface area contributed by atoms with Gasteiger partial charge in [0.1, 0.15) is 5.15 Å². The normalized spacial score (nSPS) is 10.5. The van der Waals surface area contributed by atoms with E-state index in [9.17, 15) is 4.79 Å². The summed E-state index contributed by atoms with van der Waals surface area (Å²) in [4.78, 5) is 20.0. The molecule has 0 unspecified atom stereocenters. The molecule has 0 aliphatic heterocycles. The zero-order valence-corrected chi connectivity index (χ0v) is 11.9. The highest BCUT2D eigenvalue weighted by molar-refractivity contribution is 6.34. The Hall–Kier alpha value is -1.59. The molecule has 2 aromatic heterocycles. The van der Waals surface area contributed by atoms with Gasteiger partial charge in [-0.05, 0) is 13.0 Å². The second-order valence-electron chi connectivity index (χ2n) is 3.91. The standard InChI is InChI=1S/C12H11Cl2N3O2/c1-7-3-11(18)17(12(16-7)19-2)6-8-5-15-10(14)4-9(8)13/h3-5H,6H2,1-2H3. The molecule has 19 heavy (non-hydrogen) atoms. The lowest BCUT2D eigenvalue weighted by Gasteiger charge is -2.11. The minimum absolute atomic E-state index is 0.213. The number of halogens is 2. The summed E-state index contributed by atoms with van der Waals surface area (Å²) in [6.45, 7) is 1.95. The Bertz CT molecular complexity index is 671. The molecule has 0 saturated carbocycles. The third-order valence-electron chi connectivity index (χ3n) is 2.51. The summed E-state index contributed by atoms with van der Waals surface area (Å²) < 4.78 is 6.48. The van der Waals surface area contributed by atoms with Crippen LogP contribution in [0.15, 0.2) is 23.1 Å². The lowest BCUT2D eigenvalue weighted by atomic mass is 10.3. The van der Waals surface area contributed by atoms with Gasteiger partial charge in [0.2, 0.25) is 0 Å². The Morgan fingerprint density at radius 1 is 1.37 bits per heavy atom. The molecule has 5 nitrogen and oxygen atoms in total. The van der Waals surface area contributed by atoms with Gasteiger partial charge in [0.25, 0.3) is 11.6 Å². The molecule has 7 heteroatoms. The predicted molar refractivity (Wildman–Crippen MR) is 73.1 cm³/mol. The molecule has 2 aromatic rings. The van der Waals surface area contributed by atoms with E-state index >= 15 is 0 Å². The van der Waals surface area contributed by atoms with Crippen molar-refractivity contribution < 1.29 is 4.74 Å². The number of nitrogens with zero attached hydrogens (tertiary/aromatic N) is 3. The van der Waals surface area contributed by atoms with Gasteiger partial charge in [0.15, 0.2) is 0 Å². The van der Waals surface area contributed by atoms with Crippen LogP contribution >= 0.6 is 23.2 Å². The van der Waals surface area contributed by atoms with E-state index < -0.39 is 0 Å². The summed E-state index contributed by atoms with van der Waals surface area (Å²) in [5.41, 5.74) is 1.05. The van der Waals surface area contributed by atoms with Crippen molar-refractivity contribution in [3.8, 4) is 6.01 Å². The maximum Gasteiger partial charge on any atom is 0.299 e. The van der Waals surface area contributed by atoms with Crippen molar-refractivity contribution in [2.45, 2.75) is 13.5 Å². The largest absolute Gasteiger partial charge is 0.468 e. The molecule has 0 bridgehead atoms. The highest BCUT2D eigenvalue weighted by atomic mass is 35.5. The van der Waals surface area contributed by atoms with Crippen LogP contribution in [0.5, 0.6) is 6.01 Å². The molecule has 0 amide bonds. The SMILES string of the molecule is COc1nc(C)cc(=O)n1Cc1cnc(Cl)cc1Cl. The molecule has 2 rings (SSSR count). The maximum absolute atomic E-state index is 12.0. The summed E-state index contributed by atoms with van der Waals surface area (Å²) in [7, 11) is 1.46. The Labute approximate surface area is 119 Å². The van der Waals surface area contributed by atoms with Gasteiger partial charge in [0.05, 0.1) is 18.7 Å². The van der Waals surface area contributed by atoms with E-state index in [1.165, 1.54) is 30.0 Å². The van der Waals surface area contributed by atoms with Gasteiger partial charge in [-0.2, -0.15) is 0 Å². The van der Waals surface area contributed by atoms with Gasteiger partial charge in [-0.1, -0.05) is 23.2 Å².